The zero-order valence-corrected chi connectivity index (χ0v) is 13.1. The van der Waals surface area contributed by atoms with E-state index in [0.29, 0.717) is 5.15 Å². The number of benzene rings is 1. The average molecular weight is 305 g/mol. The number of nitrogens with zero attached hydrogens (tertiary/aromatic N) is 3. The summed E-state index contributed by atoms with van der Waals surface area (Å²) in [6, 6.07) is 7.97. The molecular formula is C16H21ClN4. The minimum atomic E-state index is 0.459. The molecule has 1 aliphatic heterocycles. The predicted octanol–water partition coefficient (Wildman–Crippen LogP) is 3.43. The van der Waals surface area contributed by atoms with E-state index in [1.807, 2.05) is 24.3 Å². The van der Waals surface area contributed by atoms with Crippen molar-refractivity contribution < 1.29 is 0 Å². The Labute approximate surface area is 130 Å². The van der Waals surface area contributed by atoms with Crippen LogP contribution in [-0.4, -0.2) is 41.3 Å². The maximum Gasteiger partial charge on any atom is 0.159 e. The van der Waals surface area contributed by atoms with Crippen molar-refractivity contribution in [2.24, 2.45) is 5.92 Å². The van der Waals surface area contributed by atoms with Gasteiger partial charge in [0.05, 0.1) is 0 Å². The van der Waals surface area contributed by atoms with Crippen molar-refractivity contribution in [2.75, 3.05) is 31.5 Å². The van der Waals surface area contributed by atoms with E-state index < -0.39 is 0 Å². The van der Waals surface area contributed by atoms with Crippen molar-refractivity contribution in [2.45, 2.75) is 19.8 Å². The Kier molecular flexibility index (Phi) is 4.56. The van der Waals surface area contributed by atoms with Gasteiger partial charge in [-0.3, -0.25) is 0 Å². The molecule has 1 N–H and O–H groups in total. The summed E-state index contributed by atoms with van der Waals surface area (Å²) in [6.07, 6.45) is 2.62. The predicted molar refractivity (Wildman–Crippen MR) is 87.9 cm³/mol. The third-order valence-corrected chi connectivity index (χ3v) is 4.52. The van der Waals surface area contributed by atoms with E-state index in [-0.39, 0.29) is 0 Å². The zero-order chi connectivity index (χ0) is 14.7. The van der Waals surface area contributed by atoms with Crippen LogP contribution in [0, 0.1) is 5.92 Å². The summed E-state index contributed by atoms with van der Waals surface area (Å²) in [7, 11) is 0. The minimum Gasteiger partial charge on any atom is -0.367 e. The number of fused-ring (bicyclic) bond motifs is 1. The van der Waals surface area contributed by atoms with Crippen LogP contribution in [0.1, 0.15) is 19.8 Å². The van der Waals surface area contributed by atoms with Crippen molar-refractivity contribution in [3.63, 3.8) is 0 Å². The van der Waals surface area contributed by atoms with Gasteiger partial charge in [0.25, 0.3) is 0 Å². The Bertz CT molecular complexity index is 608. The number of hydrogen-bond acceptors (Lipinski definition) is 4. The minimum absolute atomic E-state index is 0.459. The SMILES string of the molecule is CC1CCN(CCNc2nnc(Cl)c3ccccc23)CC1. The maximum absolute atomic E-state index is 6.09. The molecule has 0 bridgehead atoms. The van der Waals surface area contributed by atoms with Gasteiger partial charge in [-0.05, 0) is 31.8 Å². The van der Waals surface area contributed by atoms with Gasteiger partial charge >= 0.3 is 0 Å². The molecule has 0 amide bonds. The lowest BCUT2D eigenvalue weighted by atomic mass is 9.99. The second-order valence-electron chi connectivity index (χ2n) is 5.84. The average Bonchev–Trinajstić information content (AvgIpc) is 2.52. The van der Waals surface area contributed by atoms with Gasteiger partial charge in [0.15, 0.2) is 11.0 Å². The highest BCUT2D eigenvalue weighted by atomic mass is 35.5. The van der Waals surface area contributed by atoms with Crippen LogP contribution in [0.2, 0.25) is 5.15 Å². The summed E-state index contributed by atoms with van der Waals surface area (Å²) in [5.74, 6) is 1.70. The van der Waals surface area contributed by atoms with Gasteiger partial charge < -0.3 is 10.2 Å². The van der Waals surface area contributed by atoms with E-state index >= 15 is 0 Å². The fourth-order valence-electron chi connectivity index (χ4n) is 2.82. The molecule has 21 heavy (non-hydrogen) atoms. The zero-order valence-electron chi connectivity index (χ0n) is 12.3. The first-order valence-corrected chi connectivity index (χ1v) is 7.99. The smallest absolute Gasteiger partial charge is 0.159 e. The first kappa shape index (κ1) is 14.5. The van der Waals surface area contributed by atoms with Crippen LogP contribution in [-0.2, 0) is 0 Å². The standard InChI is InChI=1S/C16H21ClN4/c1-12-6-9-21(10-7-12)11-8-18-16-14-5-3-2-4-13(14)15(17)19-20-16/h2-5,12H,6-11H2,1H3,(H,18,20). The van der Waals surface area contributed by atoms with E-state index in [4.69, 9.17) is 11.6 Å². The molecule has 2 heterocycles. The molecule has 1 fully saturated rings. The monoisotopic (exact) mass is 304 g/mol. The molecule has 0 unspecified atom stereocenters. The van der Waals surface area contributed by atoms with Gasteiger partial charge in [0.2, 0.25) is 0 Å². The summed E-state index contributed by atoms with van der Waals surface area (Å²) in [4.78, 5) is 2.51. The van der Waals surface area contributed by atoms with Crippen LogP contribution >= 0.6 is 11.6 Å². The fourth-order valence-corrected chi connectivity index (χ4v) is 3.02. The van der Waals surface area contributed by atoms with Gasteiger partial charge in [-0.25, -0.2) is 0 Å². The molecule has 0 aliphatic carbocycles. The number of halogens is 1. The normalized spacial score (nSPS) is 17.2. The van der Waals surface area contributed by atoms with Gasteiger partial charge in [0, 0.05) is 23.9 Å². The summed E-state index contributed by atoms with van der Waals surface area (Å²) < 4.78 is 0. The first-order valence-electron chi connectivity index (χ1n) is 7.61. The van der Waals surface area contributed by atoms with Crippen molar-refractivity contribution in [1.29, 1.82) is 0 Å². The highest BCUT2D eigenvalue weighted by Gasteiger charge is 2.15. The van der Waals surface area contributed by atoms with E-state index in [9.17, 15) is 0 Å². The van der Waals surface area contributed by atoms with Gasteiger partial charge in [0.1, 0.15) is 0 Å². The number of rotatable bonds is 4. The van der Waals surface area contributed by atoms with Crippen LogP contribution in [0.15, 0.2) is 24.3 Å². The summed E-state index contributed by atoms with van der Waals surface area (Å²) in [5.41, 5.74) is 0. The molecule has 4 nitrogen and oxygen atoms in total. The largest absolute Gasteiger partial charge is 0.367 e. The molecule has 1 saturated heterocycles. The molecule has 1 aromatic heterocycles. The summed E-state index contributed by atoms with van der Waals surface area (Å²) in [5, 5.41) is 14.1. The first-order chi connectivity index (χ1) is 10.2. The highest BCUT2D eigenvalue weighted by molar-refractivity contribution is 6.34. The van der Waals surface area contributed by atoms with Crippen molar-refractivity contribution in [3.05, 3.63) is 29.4 Å². The highest BCUT2D eigenvalue weighted by Crippen LogP contribution is 2.25. The van der Waals surface area contributed by atoms with Gasteiger partial charge in [-0.15, -0.1) is 10.2 Å². The molecule has 0 spiro atoms. The number of hydrogen-bond donors (Lipinski definition) is 1. The Hall–Kier alpha value is -1.39. The van der Waals surface area contributed by atoms with Crippen LogP contribution in [0.5, 0.6) is 0 Å². The Balaban J connectivity index is 1.62. The molecular weight excluding hydrogens is 284 g/mol. The molecule has 3 rings (SSSR count). The topological polar surface area (TPSA) is 41.0 Å². The fraction of sp³-hybridized carbons (Fsp3) is 0.500. The molecule has 2 aromatic rings. The maximum atomic E-state index is 6.09. The van der Waals surface area contributed by atoms with Crippen LogP contribution in [0.4, 0.5) is 5.82 Å². The third kappa shape index (κ3) is 3.44. The molecule has 0 atom stereocenters. The molecule has 0 radical (unpaired) electrons. The molecule has 1 aliphatic rings. The molecule has 5 heteroatoms. The van der Waals surface area contributed by atoms with Crippen molar-refractivity contribution >= 4 is 28.2 Å². The molecule has 112 valence electrons. The summed E-state index contributed by atoms with van der Waals surface area (Å²) in [6.45, 7) is 6.68. The van der Waals surface area contributed by atoms with E-state index in [1.54, 1.807) is 0 Å². The number of nitrogens with one attached hydrogen (secondary N) is 1. The Morgan fingerprint density at radius 3 is 2.67 bits per heavy atom. The summed E-state index contributed by atoms with van der Waals surface area (Å²) >= 11 is 6.09. The lowest BCUT2D eigenvalue weighted by Crippen LogP contribution is -2.36. The second kappa shape index (κ2) is 6.58. The van der Waals surface area contributed by atoms with Gasteiger partial charge in [-0.1, -0.05) is 42.8 Å². The van der Waals surface area contributed by atoms with E-state index in [1.165, 1.54) is 25.9 Å². The Morgan fingerprint density at radius 1 is 1.19 bits per heavy atom. The number of aromatic nitrogens is 2. The van der Waals surface area contributed by atoms with Gasteiger partial charge in [-0.2, -0.15) is 0 Å². The van der Waals surface area contributed by atoms with Crippen molar-refractivity contribution in [3.8, 4) is 0 Å². The second-order valence-corrected chi connectivity index (χ2v) is 6.19. The number of anilines is 1. The lowest BCUT2D eigenvalue weighted by molar-refractivity contribution is 0.199. The number of likely N-dealkylation sites (tertiary alicyclic amines) is 1. The van der Waals surface area contributed by atoms with E-state index in [2.05, 4.69) is 27.3 Å². The Morgan fingerprint density at radius 2 is 1.90 bits per heavy atom. The quantitative estimate of drug-likeness (QED) is 0.939. The van der Waals surface area contributed by atoms with Crippen LogP contribution in [0.25, 0.3) is 10.8 Å². The van der Waals surface area contributed by atoms with Crippen LogP contribution in [0.3, 0.4) is 0 Å². The number of piperidine rings is 1. The van der Waals surface area contributed by atoms with E-state index in [0.717, 1.165) is 35.6 Å². The lowest BCUT2D eigenvalue weighted by Gasteiger charge is -2.30. The van der Waals surface area contributed by atoms with Crippen molar-refractivity contribution in [1.82, 2.24) is 15.1 Å². The van der Waals surface area contributed by atoms with Crippen LogP contribution < -0.4 is 5.32 Å². The third-order valence-electron chi connectivity index (χ3n) is 4.24. The molecule has 1 aromatic carbocycles. The molecule has 0 saturated carbocycles.